The van der Waals surface area contributed by atoms with Gasteiger partial charge in [-0.05, 0) is 42.9 Å². The number of hydrogen-bond acceptors (Lipinski definition) is 5. The first kappa shape index (κ1) is 17.6. The first-order valence-corrected chi connectivity index (χ1v) is 10.3. The van der Waals surface area contributed by atoms with Crippen LogP contribution in [0.5, 0.6) is 0 Å². The molecular weight excluding hydrogens is 352 g/mol. The second-order valence-corrected chi connectivity index (χ2v) is 8.03. The van der Waals surface area contributed by atoms with Gasteiger partial charge in [0.1, 0.15) is 18.2 Å². The van der Waals surface area contributed by atoms with Gasteiger partial charge in [-0.3, -0.25) is 4.79 Å². The Labute approximate surface area is 165 Å². The Kier molecular flexibility index (Phi) is 4.72. The summed E-state index contributed by atoms with van der Waals surface area (Å²) in [5.41, 5.74) is 2.45. The summed E-state index contributed by atoms with van der Waals surface area (Å²) >= 11 is 0. The summed E-state index contributed by atoms with van der Waals surface area (Å²) in [6, 6.07) is 11.3. The van der Waals surface area contributed by atoms with Gasteiger partial charge in [-0.15, -0.1) is 0 Å². The van der Waals surface area contributed by atoms with Crippen molar-refractivity contribution in [3.05, 3.63) is 54.0 Å². The van der Waals surface area contributed by atoms with Gasteiger partial charge in [0.05, 0.1) is 6.61 Å². The molecule has 1 aliphatic carbocycles. The quantitative estimate of drug-likeness (QED) is 0.818. The van der Waals surface area contributed by atoms with E-state index in [1.807, 2.05) is 29.3 Å². The average molecular weight is 378 g/mol. The zero-order valence-electron chi connectivity index (χ0n) is 16.0. The van der Waals surface area contributed by atoms with Gasteiger partial charge in [0.15, 0.2) is 0 Å². The van der Waals surface area contributed by atoms with Crippen LogP contribution in [0.25, 0.3) is 0 Å². The van der Waals surface area contributed by atoms with E-state index in [2.05, 4.69) is 27.0 Å². The molecule has 1 amide bonds. The van der Waals surface area contributed by atoms with E-state index in [0.717, 1.165) is 31.7 Å². The van der Waals surface area contributed by atoms with Crippen LogP contribution >= 0.6 is 0 Å². The molecule has 1 atom stereocenters. The molecule has 28 heavy (non-hydrogen) atoms. The van der Waals surface area contributed by atoms with Crippen LogP contribution in [0.15, 0.2) is 42.9 Å². The maximum Gasteiger partial charge on any atom is 0.252 e. The molecule has 2 fully saturated rings. The van der Waals surface area contributed by atoms with Crippen LogP contribution in [-0.2, 0) is 22.6 Å². The smallest absolute Gasteiger partial charge is 0.252 e. The number of ether oxygens (including phenoxy) is 1. The second-order valence-electron chi connectivity index (χ2n) is 8.03. The minimum Gasteiger partial charge on any atom is -0.363 e. The molecule has 5 rings (SSSR count). The molecule has 0 bridgehead atoms. The van der Waals surface area contributed by atoms with Gasteiger partial charge in [-0.1, -0.05) is 24.3 Å². The summed E-state index contributed by atoms with van der Waals surface area (Å²) in [4.78, 5) is 26.0. The lowest BCUT2D eigenvalue weighted by Gasteiger charge is -2.40. The molecule has 1 saturated heterocycles. The summed E-state index contributed by atoms with van der Waals surface area (Å²) < 4.78 is 5.89. The highest BCUT2D eigenvalue weighted by Crippen LogP contribution is 2.35. The number of likely N-dealkylation sites (tertiary alicyclic amines) is 1. The molecule has 6 nitrogen and oxygen atoms in total. The van der Waals surface area contributed by atoms with Gasteiger partial charge in [0.25, 0.3) is 5.91 Å². The minimum atomic E-state index is -0.340. The van der Waals surface area contributed by atoms with Crippen LogP contribution in [-0.4, -0.2) is 52.1 Å². The van der Waals surface area contributed by atoms with Crippen molar-refractivity contribution in [2.45, 2.75) is 56.9 Å². The average Bonchev–Trinajstić information content (AvgIpc) is 3.59. The topological polar surface area (TPSA) is 58.6 Å². The number of aromatic nitrogens is 2. The number of rotatable bonds is 4. The third-order valence-corrected chi connectivity index (χ3v) is 6.18. The predicted molar refractivity (Wildman–Crippen MR) is 106 cm³/mol. The lowest BCUT2D eigenvalue weighted by molar-refractivity contribution is -0.146. The largest absolute Gasteiger partial charge is 0.363 e. The summed E-state index contributed by atoms with van der Waals surface area (Å²) in [5, 5.41) is 0. The molecule has 0 radical (unpaired) electrons. The second kappa shape index (κ2) is 7.51. The number of anilines is 1. The maximum atomic E-state index is 13.0. The third kappa shape index (κ3) is 3.49. The van der Waals surface area contributed by atoms with Gasteiger partial charge in [0.2, 0.25) is 0 Å². The zero-order chi connectivity index (χ0) is 18.9. The SMILES string of the molecule is O=C(C1Cc2ccccc2CO1)N1CCC(N(c2ccncn2)C2CC2)CC1. The van der Waals surface area contributed by atoms with Crippen molar-refractivity contribution in [1.29, 1.82) is 0 Å². The van der Waals surface area contributed by atoms with Crippen molar-refractivity contribution < 1.29 is 9.53 Å². The highest BCUT2D eigenvalue weighted by atomic mass is 16.5. The number of fused-ring (bicyclic) bond motifs is 1. The number of benzene rings is 1. The van der Waals surface area contributed by atoms with Gasteiger partial charge >= 0.3 is 0 Å². The molecule has 2 aliphatic heterocycles. The Hall–Kier alpha value is -2.47. The first-order valence-electron chi connectivity index (χ1n) is 10.3. The molecule has 0 spiro atoms. The minimum absolute atomic E-state index is 0.146. The summed E-state index contributed by atoms with van der Waals surface area (Å²) in [5.74, 6) is 1.17. The molecule has 1 saturated carbocycles. The van der Waals surface area contributed by atoms with Crippen molar-refractivity contribution >= 4 is 11.7 Å². The number of nitrogens with zero attached hydrogens (tertiary/aromatic N) is 4. The summed E-state index contributed by atoms with van der Waals surface area (Å²) in [6.45, 7) is 2.12. The Balaban J connectivity index is 1.22. The molecule has 0 N–H and O–H groups in total. The highest BCUT2D eigenvalue weighted by Gasteiger charge is 2.38. The van der Waals surface area contributed by atoms with E-state index in [0.29, 0.717) is 25.1 Å². The molecule has 1 unspecified atom stereocenters. The predicted octanol–water partition coefficient (Wildman–Crippen LogP) is 2.58. The lowest BCUT2D eigenvalue weighted by Crippen LogP contribution is -2.51. The lowest BCUT2D eigenvalue weighted by atomic mass is 9.97. The maximum absolute atomic E-state index is 13.0. The van der Waals surface area contributed by atoms with E-state index in [-0.39, 0.29) is 12.0 Å². The molecule has 3 aliphatic rings. The molecular formula is C22H26N4O2. The van der Waals surface area contributed by atoms with Gasteiger partial charge in [-0.25, -0.2) is 9.97 Å². The Bertz CT molecular complexity index is 831. The number of piperidine rings is 1. The fraction of sp³-hybridized carbons (Fsp3) is 0.500. The van der Waals surface area contributed by atoms with Crippen LogP contribution in [0.3, 0.4) is 0 Å². The van der Waals surface area contributed by atoms with Crippen molar-refractivity contribution in [3.8, 4) is 0 Å². The number of hydrogen-bond donors (Lipinski definition) is 0. The molecule has 6 heteroatoms. The Morgan fingerprint density at radius 3 is 2.50 bits per heavy atom. The van der Waals surface area contributed by atoms with Crippen LogP contribution < -0.4 is 4.90 Å². The first-order chi connectivity index (χ1) is 13.8. The molecule has 146 valence electrons. The monoisotopic (exact) mass is 378 g/mol. The number of carbonyl (C=O) groups is 1. The van der Waals surface area contributed by atoms with Crippen LogP contribution in [0, 0.1) is 0 Å². The fourth-order valence-corrected chi connectivity index (χ4v) is 4.53. The van der Waals surface area contributed by atoms with E-state index in [1.165, 1.54) is 24.0 Å². The zero-order valence-corrected chi connectivity index (χ0v) is 16.0. The standard InChI is InChI=1S/C22H26N4O2/c27-22(20-13-16-3-1-2-4-17(16)14-28-20)25-11-8-19(9-12-25)26(18-5-6-18)21-7-10-23-15-24-21/h1-4,7,10,15,18-20H,5-6,8-9,11-14H2. The van der Waals surface area contributed by atoms with E-state index < -0.39 is 0 Å². The van der Waals surface area contributed by atoms with E-state index in [9.17, 15) is 4.79 Å². The van der Waals surface area contributed by atoms with Crippen LogP contribution in [0.2, 0.25) is 0 Å². The van der Waals surface area contributed by atoms with Gasteiger partial charge in [-0.2, -0.15) is 0 Å². The van der Waals surface area contributed by atoms with Crippen molar-refractivity contribution in [2.75, 3.05) is 18.0 Å². The van der Waals surface area contributed by atoms with E-state index in [4.69, 9.17) is 4.74 Å². The molecule has 1 aromatic heterocycles. The number of amides is 1. The van der Waals surface area contributed by atoms with Crippen molar-refractivity contribution in [1.82, 2.24) is 14.9 Å². The Morgan fingerprint density at radius 1 is 1.04 bits per heavy atom. The summed E-state index contributed by atoms with van der Waals surface area (Å²) in [7, 11) is 0. The normalized spacial score (nSPS) is 22.6. The van der Waals surface area contributed by atoms with Crippen molar-refractivity contribution in [2.24, 2.45) is 0 Å². The number of carbonyl (C=O) groups excluding carboxylic acids is 1. The Morgan fingerprint density at radius 2 is 1.79 bits per heavy atom. The van der Waals surface area contributed by atoms with Gasteiger partial charge in [0, 0.05) is 37.8 Å². The third-order valence-electron chi connectivity index (χ3n) is 6.18. The van der Waals surface area contributed by atoms with Crippen LogP contribution in [0.4, 0.5) is 5.82 Å². The van der Waals surface area contributed by atoms with Gasteiger partial charge < -0.3 is 14.5 Å². The fourth-order valence-electron chi connectivity index (χ4n) is 4.53. The molecule has 1 aromatic carbocycles. The van der Waals surface area contributed by atoms with Crippen molar-refractivity contribution in [3.63, 3.8) is 0 Å². The van der Waals surface area contributed by atoms with E-state index in [1.54, 1.807) is 6.33 Å². The van der Waals surface area contributed by atoms with Crippen LogP contribution in [0.1, 0.15) is 36.8 Å². The molecule has 3 heterocycles. The summed E-state index contributed by atoms with van der Waals surface area (Å²) in [6.07, 6.45) is 8.22. The van der Waals surface area contributed by atoms with E-state index >= 15 is 0 Å². The molecule has 2 aromatic rings. The highest BCUT2D eigenvalue weighted by molar-refractivity contribution is 5.81.